The summed E-state index contributed by atoms with van der Waals surface area (Å²) in [5.41, 5.74) is 6.46. The van der Waals surface area contributed by atoms with E-state index in [1.165, 1.54) is 0 Å². The maximum atomic E-state index is 11.1. The van der Waals surface area contributed by atoms with E-state index in [4.69, 9.17) is 10.8 Å². The number of aliphatic carboxylic acids is 1. The molecule has 17 heavy (non-hydrogen) atoms. The number of rotatable bonds is 7. The van der Waals surface area contributed by atoms with E-state index in [0.717, 1.165) is 22.9 Å². The summed E-state index contributed by atoms with van der Waals surface area (Å²) in [5, 5.41) is 9.16. The monoisotopic (exact) mass is 299 g/mol. The first-order valence-corrected chi connectivity index (χ1v) is 6.60. The first kappa shape index (κ1) is 14.2. The molecule has 1 aromatic carbocycles. The smallest absolute Gasteiger partial charge is 0.306 e. The molecule has 0 fully saturated rings. The molecule has 1 rings (SSSR count). The average molecular weight is 300 g/mol. The highest BCUT2D eigenvalue weighted by atomic mass is 79.9. The second kappa shape index (κ2) is 7.45. The third-order valence-electron chi connectivity index (χ3n) is 2.73. The fourth-order valence-corrected chi connectivity index (χ4v) is 2.24. The van der Waals surface area contributed by atoms with Crippen molar-refractivity contribution >= 4 is 21.9 Å². The lowest BCUT2D eigenvalue weighted by Gasteiger charge is -2.12. The van der Waals surface area contributed by atoms with Crippen molar-refractivity contribution in [1.29, 1.82) is 0 Å². The Bertz CT molecular complexity index is 368. The quantitative estimate of drug-likeness (QED) is 0.761. The molecule has 0 aliphatic carbocycles. The molecule has 1 unspecified atom stereocenters. The highest BCUT2D eigenvalue weighted by Gasteiger charge is 2.17. The lowest BCUT2D eigenvalue weighted by Crippen LogP contribution is -2.17. The minimum Gasteiger partial charge on any atom is -0.481 e. The Labute approximate surface area is 110 Å². The summed E-state index contributed by atoms with van der Waals surface area (Å²) in [6.45, 7) is 0.628. The van der Waals surface area contributed by atoms with Crippen LogP contribution in [-0.4, -0.2) is 17.6 Å². The van der Waals surface area contributed by atoms with Gasteiger partial charge in [0, 0.05) is 4.47 Å². The molecule has 0 aliphatic heterocycles. The number of halogens is 1. The average Bonchev–Trinajstić information content (AvgIpc) is 2.28. The number of carbonyl (C=O) groups is 1. The zero-order chi connectivity index (χ0) is 12.7. The third kappa shape index (κ3) is 5.33. The summed E-state index contributed by atoms with van der Waals surface area (Å²) >= 11 is 3.39. The Balaban J connectivity index is 2.57. The number of carboxylic acid groups (broad SMARTS) is 1. The highest BCUT2D eigenvalue weighted by molar-refractivity contribution is 9.10. The van der Waals surface area contributed by atoms with Gasteiger partial charge in [-0.25, -0.2) is 0 Å². The van der Waals surface area contributed by atoms with E-state index in [9.17, 15) is 4.79 Å². The molecule has 0 bridgehead atoms. The van der Waals surface area contributed by atoms with E-state index in [0.29, 0.717) is 19.4 Å². The van der Waals surface area contributed by atoms with E-state index in [1.54, 1.807) is 0 Å². The van der Waals surface area contributed by atoms with Crippen LogP contribution in [0.25, 0.3) is 0 Å². The van der Waals surface area contributed by atoms with Gasteiger partial charge in [-0.3, -0.25) is 4.79 Å². The fourth-order valence-electron chi connectivity index (χ4n) is 1.80. The Morgan fingerprint density at radius 1 is 1.41 bits per heavy atom. The van der Waals surface area contributed by atoms with E-state index < -0.39 is 5.97 Å². The molecule has 0 spiro atoms. The van der Waals surface area contributed by atoms with Crippen LogP contribution in [0, 0.1) is 5.92 Å². The van der Waals surface area contributed by atoms with Gasteiger partial charge in [0.15, 0.2) is 0 Å². The van der Waals surface area contributed by atoms with Gasteiger partial charge in [0.05, 0.1) is 5.92 Å². The maximum Gasteiger partial charge on any atom is 0.306 e. The number of carboxylic acids is 1. The molecule has 3 nitrogen and oxygen atoms in total. The van der Waals surface area contributed by atoms with Crippen LogP contribution in [0.5, 0.6) is 0 Å². The van der Waals surface area contributed by atoms with Crippen molar-refractivity contribution in [3.63, 3.8) is 0 Å². The molecule has 0 amide bonds. The molecule has 0 saturated carbocycles. The Hall–Kier alpha value is -0.870. The zero-order valence-corrected chi connectivity index (χ0v) is 11.3. The van der Waals surface area contributed by atoms with E-state index >= 15 is 0 Å². The molecule has 1 atom stereocenters. The molecule has 0 aliphatic rings. The van der Waals surface area contributed by atoms with E-state index in [-0.39, 0.29) is 5.92 Å². The van der Waals surface area contributed by atoms with Gasteiger partial charge in [-0.2, -0.15) is 0 Å². The molecule has 3 N–H and O–H groups in total. The molecule has 4 heteroatoms. The van der Waals surface area contributed by atoms with Crippen LogP contribution in [0.3, 0.4) is 0 Å². The molecule has 0 aromatic heterocycles. The minimum atomic E-state index is -0.720. The third-order valence-corrected chi connectivity index (χ3v) is 3.22. The van der Waals surface area contributed by atoms with Gasteiger partial charge in [-0.15, -0.1) is 0 Å². The second-order valence-corrected chi connectivity index (χ2v) is 5.07. The Morgan fingerprint density at radius 3 is 2.76 bits per heavy atom. The van der Waals surface area contributed by atoms with Gasteiger partial charge in [-0.1, -0.05) is 34.5 Å². The zero-order valence-electron chi connectivity index (χ0n) is 9.73. The number of hydrogen-bond acceptors (Lipinski definition) is 2. The standard InChI is InChI=1S/C13H18BrNO2/c14-12-6-3-4-10(9-12)8-11(13(16)17)5-1-2-7-15/h3-4,6,9,11H,1-2,5,7-8,15H2,(H,16,17). The van der Waals surface area contributed by atoms with Crippen molar-refractivity contribution in [3.8, 4) is 0 Å². The Kier molecular flexibility index (Phi) is 6.22. The first-order valence-electron chi connectivity index (χ1n) is 5.81. The largest absolute Gasteiger partial charge is 0.481 e. The van der Waals surface area contributed by atoms with Gasteiger partial charge >= 0.3 is 5.97 Å². The first-order chi connectivity index (χ1) is 8.13. The van der Waals surface area contributed by atoms with Crippen LogP contribution < -0.4 is 5.73 Å². The molecule has 94 valence electrons. The van der Waals surface area contributed by atoms with Crippen molar-refractivity contribution in [3.05, 3.63) is 34.3 Å². The summed E-state index contributed by atoms with van der Waals surface area (Å²) in [4.78, 5) is 11.1. The molecule has 0 saturated heterocycles. The SMILES string of the molecule is NCCCCC(Cc1cccc(Br)c1)C(=O)O. The van der Waals surface area contributed by atoms with Gasteiger partial charge < -0.3 is 10.8 Å². The van der Waals surface area contributed by atoms with Crippen molar-refractivity contribution < 1.29 is 9.90 Å². The number of unbranched alkanes of at least 4 members (excludes halogenated alkanes) is 1. The topological polar surface area (TPSA) is 63.3 Å². The van der Waals surface area contributed by atoms with Crippen molar-refractivity contribution in [2.24, 2.45) is 11.7 Å². The van der Waals surface area contributed by atoms with Gasteiger partial charge in [0.2, 0.25) is 0 Å². The van der Waals surface area contributed by atoms with Gasteiger partial charge in [-0.05, 0) is 43.5 Å². The predicted molar refractivity (Wildman–Crippen MR) is 71.9 cm³/mol. The molecule has 0 radical (unpaired) electrons. The molecule has 1 aromatic rings. The Morgan fingerprint density at radius 2 is 2.18 bits per heavy atom. The van der Waals surface area contributed by atoms with Crippen LogP contribution in [0.2, 0.25) is 0 Å². The van der Waals surface area contributed by atoms with Crippen LogP contribution in [0.15, 0.2) is 28.7 Å². The lowest BCUT2D eigenvalue weighted by atomic mass is 9.94. The lowest BCUT2D eigenvalue weighted by molar-refractivity contribution is -0.142. The molecular formula is C13H18BrNO2. The van der Waals surface area contributed by atoms with Gasteiger partial charge in [0.25, 0.3) is 0 Å². The summed E-state index contributed by atoms with van der Waals surface area (Å²) in [6.07, 6.45) is 3.04. The van der Waals surface area contributed by atoms with Crippen molar-refractivity contribution in [2.75, 3.05) is 6.54 Å². The number of benzene rings is 1. The van der Waals surface area contributed by atoms with Crippen LogP contribution in [0.4, 0.5) is 0 Å². The number of hydrogen-bond donors (Lipinski definition) is 2. The van der Waals surface area contributed by atoms with Crippen molar-refractivity contribution in [2.45, 2.75) is 25.7 Å². The van der Waals surface area contributed by atoms with E-state index in [2.05, 4.69) is 15.9 Å². The van der Waals surface area contributed by atoms with Crippen LogP contribution >= 0.6 is 15.9 Å². The summed E-state index contributed by atoms with van der Waals surface area (Å²) < 4.78 is 0.987. The fraction of sp³-hybridized carbons (Fsp3) is 0.462. The summed E-state index contributed by atoms with van der Waals surface area (Å²) in [5.74, 6) is -1.03. The van der Waals surface area contributed by atoms with Gasteiger partial charge in [0.1, 0.15) is 0 Å². The molecule has 0 heterocycles. The van der Waals surface area contributed by atoms with Crippen LogP contribution in [0.1, 0.15) is 24.8 Å². The van der Waals surface area contributed by atoms with E-state index in [1.807, 2.05) is 24.3 Å². The minimum absolute atomic E-state index is 0.309. The summed E-state index contributed by atoms with van der Waals surface area (Å²) in [7, 11) is 0. The van der Waals surface area contributed by atoms with Crippen molar-refractivity contribution in [1.82, 2.24) is 0 Å². The summed E-state index contributed by atoms with van der Waals surface area (Å²) in [6, 6.07) is 7.80. The second-order valence-electron chi connectivity index (χ2n) is 4.15. The highest BCUT2D eigenvalue weighted by Crippen LogP contribution is 2.18. The number of nitrogens with two attached hydrogens (primary N) is 1. The normalized spacial score (nSPS) is 12.4. The molecular weight excluding hydrogens is 282 g/mol. The predicted octanol–water partition coefficient (Wildman–Crippen LogP) is 2.82. The maximum absolute atomic E-state index is 11.1. The van der Waals surface area contributed by atoms with Crippen LogP contribution in [-0.2, 0) is 11.2 Å².